The van der Waals surface area contributed by atoms with Gasteiger partial charge >= 0.3 is 5.97 Å². The predicted octanol–water partition coefficient (Wildman–Crippen LogP) is 4.74. The van der Waals surface area contributed by atoms with Gasteiger partial charge in [-0.2, -0.15) is 0 Å². The minimum atomic E-state index is -1.06. The summed E-state index contributed by atoms with van der Waals surface area (Å²) in [5, 5.41) is 9.78. The van der Waals surface area contributed by atoms with Crippen LogP contribution in [-0.2, 0) is 4.79 Å². The zero-order chi connectivity index (χ0) is 17.7. The number of ether oxygens (including phenoxy) is 1. The Bertz CT molecular complexity index is 782. The van der Waals surface area contributed by atoms with Crippen molar-refractivity contribution in [1.82, 2.24) is 0 Å². The third kappa shape index (κ3) is 4.85. The standard InChI is InChI=1S/C18H14Cl2O4/c1-11(18(22)23)24-15-7-3-13(4-8-15)17(21)9-5-12-2-6-14(19)10-16(12)20/h2-11H,1H3,(H,22,23)/b9-5+. The SMILES string of the molecule is CC(Oc1ccc(C(=O)/C=C/c2ccc(Cl)cc2Cl)cc1)C(=O)O. The molecule has 0 aliphatic heterocycles. The zero-order valence-corrected chi connectivity index (χ0v) is 14.2. The number of carboxylic acid groups (broad SMARTS) is 1. The van der Waals surface area contributed by atoms with Gasteiger partial charge in [0.15, 0.2) is 11.9 Å². The lowest BCUT2D eigenvalue weighted by atomic mass is 10.1. The summed E-state index contributed by atoms with van der Waals surface area (Å²) < 4.78 is 5.21. The Hall–Kier alpha value is -2.30. The molecule has 4 nitrogen and oxygen atoms in total. The molecule has 0 aliphatic rings. The second-order valence-electron chi connectivity index (χ2n) is 4.99. The first-order valence-corrected chi connectivity index (χ1v) is 7.79. The summed E-state index contributed by atoms with van der Waals surface area (Å²) in [5.41, 5.74) is 1.14. The van der Waals surface area contributed by atoms with Crippen LogP contribution in [-0.4, -0.2) is 23.0 Å². The Kier molecular flexibility index (Phi) is 6.01. The molecular formula is C18H14Cl2O4. The summed E-state index contributed by atoms with van der Waals surface area (Å²) in [5.74, 6) is -0.886. The smallest absolute Gasteiger partial charge is 0.344 e. The largest absolute Gasteiger partial charge is 0.479 e. The van der Waals surface area contributed by atoms with Gasteiger partial charge < -0.3 is 9.84 Å². The quantitative estimate of drug-likeness (QED) is 0.593. The second-order valence-corrected chi connectivity index (χ2v) is 5.83. The molecule has 0 saturated heterocycles. The molecule has 1 unspecified atom stereocenters. The van der Waals surface area contributed by atoms with E-state index in [0.717, 1.165) is 0 Å². The highest BCUT2D eigenvalue weighted by Crippen LogP contribution is 2.22. The molecule has 0 saturated carbocycles. The molecule has 1 atom stereocenters. The second kappa shape index (κ2) is 7.99. The molecule has 6 heteroatoms. The van der Waals surface area contributed by atoms with E-state index in [4.69, 9.17) is 33.0 Å². The average Bonchev–Trinajstić information content (AvgIpc) is 2.54. The van der Waals surface area contributed by atoms with E-state index in [-0.39, 0.29) is 5.78 Å². The molecule has 0 bridgehead atoms. The Morgan fingerprint density at radius 3 is 2.38 bits per heavy atom. The summed E-state index contributed by atoms with van der Waals surface area (Å²) in [6.45, 7) is 1.43. The predicted molar refractivity (Wildman–Crippen MR) is 94.0 cm³/mol. The first-order chi connectivity index (χ1) is 11.4. The fourth-order valence-electron chi connectivity index (χ4n) is 1.85. The first kappa shape index (κ1) is 18.0. The van der Waals surface area contributed by atoms with E-state index >= 15 is 0 Å². The van der Waals surface area contributed by atoms with Gasteiger partial charge in [0.1, 0.15) is 5.75 Å². The number of carboxylic acids is 1. The average molecular weight is 365 g/mol. The molecule has 0 radical (unpaired) electrons. The molecule has 0 amide bonds. The van der Waals surface area contributed by atoms with Gasteiger partial charge in [0, 0.05) is 15.6 Å². The van der Waals surface area contributed by atoms with E-state index in [1.165, 1.54) is 13.0 Å². The summed E-state index contributed by atoms with van der Waals surface area (Å²) in [7, 11) is 0. The zero-order valence-electron chi connectivity index (χ0n) is 12.7. The molecule has 2 aromatic carbocycles. The number of carbonyl (C=O) groups is 2. The van der Waals surface area contributed by atoms with Crippen molar-refractivity contribution in [2.75, 3.05) is 0 Å². The number of ketones is 1. The van der Waals surface area contributed by atoms with Crippen LogP contribution in [0.15, 0.2) is 48.5 Å². The van der Waals surface area contributed by atoms with Crippen molar-refractivity contribution in [2.45, 2.75) is 13.0 Å². The van der Waals surface area contributed by atoms with E-state index in [1.54, 1.807) is 48.5 Å². The van der Waals surface area contributed by atoms with Crippen LogP contribution in [0.3, 0.4) is 0 Å². The van der Waals surface area contributed by atoms with E-state index in [2.05, 4.69) is 0 Å². The van der Waals surface area contributed by atoms with Crippen LogP contribution in [0.25, 0.3) is 6.08 Å². The summed E-state index contributed by atoms with van der Waals surface area (Å²) in [6.07, 6.45) is 2.06. The van der Waals surface area contributed by atoms with Crippen LogP contribution in [0.4, 0.5) is 0 Å². The number of hydrogen-bond acceptors (Lipinski definition) is 3. The molecule has 2 rings (SSSR count). The summed E-state index contributed by atoms with van der Waals surface area (Å²) in [6, 6.07) is 11.3. The lowest BCUT2D eigenvalue weighted by Gasteiger charge is -2.10. The van der Waals surface area contributed by atoms with Crippen LogP contribution >= 0.6 is 23.2 Å². The fourth-order valence-corrected chi connectivity index (χ4v) is 2.32. The number of rotatable bonds is 6. The number of halogens is 2. The molecule has 0 heterocycles. The normalized spacial score (nSPS) is 12.1. The topological polar surface area (TPSA) is 63.6 Å². The Labute approximate surface area is 149 Å². The van der Waals surface area contributed by atoms with Crippen LogP contribution in [0.5, 0.6) is 5.75 Å². The van der Waals surface area contributed by atoms with Gasteiger partial charge in [0.05, 0.1) is 0 Å². The molecule has 124 valence electrons. The Morgan fingerprint density at radius 2 is 1.79 bits per heavy atom. The molecular weight excluding hydrogens is 351 g/mol. The van der Waals surface area contributed by atoms with Crippen molar-refractivity contribution >= 4 is 41.0 Å². The van der Waals surface area contributed by atoms with Crippen molar-refractivity contribution in [3.8, 4) is 5.75 Å². The van der Waals surface area contributed by atoms with Crippen LogP contribution in [0.2, 0.25) is 10.0 Å². The minimum Gasteiger partial charge on any atom is -0.479 e. The maximum atomic E-state index is 12.1. The van der Waals surface area contributed by atoms with Gasteiger partial charge in [0.2, 0.25) is 0 Å². The lowest BCUT2D eigenvalue weighted by Crippen LogP contribution is -2.22. The maximum Gasteiger partial charge on any atom is 0.344 e. The fraction of sp³-hybridized carbons (Fsp3) is 0.111. The van der Waals surface area contributed by atoms with Crippen molar-refractivity contribution in [3.05, 3.63) is 69.7 Å². The number of aliphatic carboxylic acids is 1. The maximum absolute atomic E-state index is 12.1. The van der Waals surface area contributed by atoms with Gasteiger partial charge in [-0.05, 0) is 61.0 Å². The van der Waals surface area contributed by atoms with E-state index < -0.39 is 12.1 Å². The van der Waals surface area contributed by atoms with Crippen LogP contribution < -0.4 is 4.74 Å². The van der Waals surface area contributed by atoms with Gasteiger partial charge in [-0.3, -0.25) is 4.79 Å². The van der Waals surface area contributed by atoms with E-state index in [1.807, 2.05) is 0 Å². The number of benzene rings is 2. The van der Waals surface area contributed by atoms with Gasteiger partial charge in [0.25, 0.3) is 0 Å². The summed E-state index contributed by atoms with van der Waals surface area (Å²) in [4.78, 5) is 22.9. The van der Waals surface area contributed by atoms with Gasteiger partial charge in [-0.1, -0.05) is 29.3 Å². The number of carbonyl (C=O) groups excluding carboxylic acids is 1. The molecule has 0 spiro atoms. The molecule has 0 fully saturated rings. The molecule has 2 aromatic rings. The number of allylic oxidation sites excluding steroid dienone is 1. The van der Waals surface area contributed by atoms with Gasteiger partial charge in [-0.25, -0.2) is 4.79 Å². The monoisotopic (exact) mass is 364 g/mol. The highest BCUT2D eigenvalue weighted by Gasteiger charge is 2.12. The van der Waals surface area contributed by atoms with Crippen molar-refractivity contribution < 1.29 is 19.4 Å². The molecule has 0 aliphatic carbocycles. The third-order valence-corrected chi connectivity index (χ3v) is 3.74. The Morgan fingerprint density at radius 1 is 1.12 bits per heavy atom. The highest BCUT2D eigenvalue weighted by atomic mass is 35.5. The van der Waals surface area contributed by atoms with E-state index in [0.29, 0.717) is 26.9 Å². The van der Waals surface area contributed by atoms with Crippen molar-refractivity contribution in [1.29, 1.82) is 0 Å². The highest BCUT2D eigenvalue weighted by molar-refractivity contribution is 6.35. The molecule has 1 N–H and O–H groups in total. The van der Waals surface area contributed by atoms with Crippen molar-refractivity contribution in [2.24, 2.45) is 0 Å². The van der Waals surface area contributed by atoms with Crippen molar-refractivity contribution in [3.63, 3.8) is 0 Å². The Balaban J connectivity index is 2.07. The van der Waals surface area contributed by atoms with Crippen LogP contribution in [0, 0.1) is 0 Å². The third-order valence-electron chi connectivity index (χ3n) is 3.18. The van der Waals surface area contributed by atoms with E-state index in [9.17, 15) is 9.59 Å². The minimum absolute atomic E-state index is 0.209. The molecule has 0 aromatic heterocycles. The van der Waals surface area contributed by atoms with Gasteiger partial charge in [-0.15, -0.1) is 0 Å². The lowest BCUT2D eigenvalue weighted by molar-refractivity contribution is -0.144. The molecule has 24 heavy (non-hydrogen) atoms. The van der Waals surface area contributed by atoms with Crippen LogP contribution in [0.1, 0.15) is 22.8 Å². The first-order valence-electron chi connectivity index (χ1n) is 7.04. The summed E-state index contributed by atoms with van der Waals surface area (Å²) >= 11 is 11.9. The number of hydrogen-bond donors (Lipinski definition) is 1.